The summed E-state index contributed by atoms with van der Waals surface area (Å²) in [6, 6.07) is 5.71. The molecule has 1 aromatic heterocycles. The first kappa shape index (κ1) is 26.4. The molecule has 0 bridgehead atoms. The molecule has 1 N–H and O–H groups in total. The highest BCUT2D eigenvalue weighted by molar-refractivity contribution is 8.13. The van der Waals surface area contributed by atoms with Crippen molar-refractivity contribution in [3.05, 3.63) is 35.2 Å². The summed E-state index contributed by atoms with van der Waals surface area (Å²) in [5.74, 6) is 1.06. The highest BCUT2D eigenvalue weighted by atomic mass is 32.2. The van der Waals surface area contributed by atoms with Crippen molar-refractivity contribution in [1.29, 1.82) is 5.26 Å². The van der Waals surface area contributed by atoms with Crippen LogP contribution >= 0.6 is 11.8 Å². The number of hydrogen-bond acceptors (Lipinski definition) is 7. The van der Waals surface area contributed by atoms with Crippen LogP contribution in [0.15, 0.2) is 28.9 Å². The minimum absolute atomic E-state index is 0.0379. The Kier molecular flexibility index (Phi) is 8.67. The van der Waals surface area contributed by atoms with Crippen LogP contribution in [-0.2, 0) is 14.9 Å². The molecule has 1 fully saturated rings. The van der Waals surface area contributed by atoms with Crippen LogP contribution in [0.1, 0.15) is 52.3 Å². The zero-order valence-electron chi connectivity index (χ0n) is 20.4. The standard InChI is InChI=1S/C24H33N5O3S/c1-23(2,3)19-9-8-17(12-27-19)20(18(11-25)14-30)28-21-29(7)13-16(15-33-21)10-24(4,5)32-22(31)26-6/h8-9,12,14,16H,10,13,15H2,1-7H3,(H,26,31)/b20-18-,28-21?. The minimum atomic E-state index is -0.599. The quantitative estimate of drug-likeness (QED) is 0.380. The van der Waals surface area contributed by atoms with Crippen molar-refractivity contribution in [3.63, 3.8) is 0 Å². The number of thioether (sulfide) groups is 1. The molecule has 33 heavy (non-hydrogen) atoms. The molecule has 1 aromatic rings. The second-order valence-electron chi connectivity index (χ2n) is 9.73. The Morgan fingerprint density at radius 2 is 2.09 bits per heavy atom. The van der Waals surface area contributed by atoms with E-state index < -0.39 is 11.7 Å². The van der Waals surface area contributed by atoms with Gasteiger partial charge >= 0.3 is 6.09 Å². The van der Waals surface area contributed by atoms with Gasteiger partial charge in [-0.2, -0.15) is 5.26 Å². The average Bonchev–Trinajstić information content (AvgIpc) is 2.74. The van der Waals surface area contributed by atoms with Gasteiger partial charge in [0.15, 0.2) is 11.5 Å². The molecule has 1 aliphatic heterocycles. The summed E-state index contributed by atoms with van der Waals surface area (Å²) in [4.78, 5) is 34.4. The van der Waals surface area contributed by atoms with Crippen molar-refractivity contribution in [1.82, 2.24) is 15.2 Å². The fourth-order valence-corrected chi connectivity index (χ4v) is 4.65. The molecule has 9 heteroatoms. The van der Waals surface area contributed by atoms with E-state index in [0.717, 1.165) is 16.6 Å². The van der Waals surface area contributed by atoms with Gasteiger partial charge in [0.2, 0.25) is 0 Å². The van der Waals surface area contributed by atoms with Gasteiger partial charge in [0.1, 0.15) is 17.2 Å². The molecule has 1 saturated heterocycles. The van der Waals surface area contributed by atoms with E-state index in [1.807, 2.05) is 44.0 Å². The van der Waals surface area contributed by atoms with E-state index in [1.54, 1.807) is 18.0 Å². The summed E-state index contributed by atoms with van der Waals surface area (Å²) in [6.45, 7) is 10.7. The van der Waals surface area contributed by atoms with Gasteiger partial charge in [-0.05, 0) is 38.3 Å². The molecule has 1 unspecified atom stereocenters. The van der Waals surface area contributed by atoms with E-state index in [4.69, 9.17) is 9.73 Å². The van der Waals surface area contributed by atoms with Crippen LogP contribution in [0.4, 0.5) is 4.79 Å². The Bertz CT molecular complexity index is 971. The van der Waals surface area contributed by atoms with Gasteiger partial charge < -0.3 is 15.0 Å². The number of nitrogens with zero attached hydrogens (tertiary/aromatic N) is 4. The van der Waals surface area contributed by atoms with Gasteiger partial charge in [0.05, 0.1) is 5.70 Å². The summed E-state index contributed by atoms with van der Waals surface area (Å²) >= 11 is 1.55. The Morgan fingerprint density at radius 1 is 1.39 bits per heavy atom. The fraction of sp³-hybridized carbons (Fsp3) is 0.542. The maximum atomic E-state index is 11.6. The van der Waals surface area contributed by atoms with Crippen LogP contribution in [0.2, 0.25) is 0 Å². The topological polar surface area (TPSA) is 108 Å². The Morgan fingerprint density at radius 3 is 2.58 bits per heavy atom. The third kappa shape index (κ3) is 7.32. The van der Waals surface area contributed by atoms with Crippen LogP contribution in [0.25, 0.3) is 5.70 Å². The highest BCUT2D eigenvalue weighted by Crippen LogP contribution is 2.31. The summed E-state index contributed by atoms with van der Waals surface area (Å²) < 4.78 is 5.47. The van der Waals surface area contributed by atoms with Gasteiger partial charge in [0, 0.05) is 49.3 Å². The van der Waals surface area contributed by atoms with Gasteiger partial charge in [-0.3, -0.25) is 9.78 Å². The number of carbonyl (C=O) groups is 2. The van der Waals surface area contributed by atoms with Crippen LogP contribution < -0.4 is 5.32 Å². The number of allylic oxidation sites excluding steroid dienone is 1. The van der Waals surface area contributed by atoms with Crippen LogP contribution in [0, 0.1) is 17.2 Å². The first-order chi connectivity index (χ1) is 15.4. The number of alkyl carbamates (subject to hydrolysis) is 1. The third-order valence-corrected chi connectivity index (χ3v) is 6.47. The van der Waals surface area contributed by atoms with Crippen molar-refractivity contribution in [2.24, 2.45) is 10.9 Å². The van der Waals surface area contributed by atoms with Gasteiger partial charge in [0.25, 0.3) is 0 Å². The molecule has 1 atom stereocenters. The summed E-state index contributed by atoms with van der Waals surface area (Å²) in [5, 5.41) is 12.7. The predicted molar refractivity (Wildman–Crippen MR) is 132 cm³/mol. The normalized spacial score (nSPS) is 18.9. The number of nitrogens with one attached hydrogen (secondary N) is 1. The lowest BCUT2D eigenvalue weighted by Gasteiger charge is -2.36. The highest BCUT2D eigenvalue weighted by Gasteiger charge is 2.31. The summed E-state index contributed by atoms with van der Waals surface area (Å²) in [5.41, 5.74) is 1.10. The number of amidine groups is 1. The number of aliphatic imine (C=N–C) groups is 1. The van der Waals surface area contributed by atoms with Gasteiger partial charge in [-0.25, -0.2) is 9.79 Å². The molecule has 1 aliphatic rings. The lowest BCUT2D eigenvalue weighted by molar-refractivity contribution is -0.104. The Balaban J connectivity index is 2.25. The Labute approximate surface area is 200 Å². The van der Waals surface area contributed by atoms with E-state index in [9.17, 15) is 14.9 Å². The molecule has 0 aromatic carbocycles. The molecule has 178 valence electrons. The van der Waals surface area contributed by atoms with Crippen LogP contribution in [-0.4, -0.2) is 59.4 Å². The smallest absolute Gasteiger partial charge is 0.407 e. The predicted octanol–water partition coefficient (Wildman–Crippen LogP) is 3.99. The first-order valence-electron chi connectivity index (χ1n) is 10.8. The lowest BCUT2D eigenvalue weighted by Crippen LogP contribution is -2.41. The molecule has 8 nitrogen and oxygen atoms in total. The number of carbonyl (C=O) groups excluding carboxylic acids is 2. The molecule has 1 amide bonds. The molecule has 0 saturated carbocycles. The average molecular weight is 472 g/mol. The molecule has 0 radical (unpaired) electrons. The van der Waals surface area contributed by atoms with Crippen molar-refractivity contribution >= 4 is 35.0 Å². The lowest BCUT2D eigenvalue weighted by atomic mass is 9.91. The number of hydrogen-bond donors (Lipinski definition) is 1. The largest absolute Gasteiger partial charge is 0.444 e. The van der Waals surface area contributed by atoms with E-state index in [-0.39, 0.29) is 16.9 Å². The molecule has 2 rings (SSSR count). The number of nitriles is 1. The number of pyridine rings is 1. The van der Waals surface area contributed by atoms with Crippen molar-refractivity contribution in [3.8, 4) is 6.07 Å². The van der Waals surface area contributed by atoms with Crippen molar-refractivity contribution in [2.45, 2.75) is 52.1 Å². The monoisotopic (exact) mass is 471 g/mol. The first-order valence-corrected chi connectivity index (χ1v) is 11.8. The summed E-state index contributed by atoms with van der Waals surface area (Å²) in [6.07, 6.45) is 2.45. The number of aldehydes is 1. The molecule has 0 spiro atoms. The summed E-state index contributed by atoms with van der Waals surface area (Å²) in [7, 11) is 3.47. The van der Waals surface area contributed by atoms with Crippen LogP contribution in [0.5, 0.6) is 0 Å². The van der Waals surface area contributed by atoms with E-state index in [1.165, 1.54) is 7.05 Å². The van der Waals surface area contributed by atoms with E-state index in [0.29, 0.717) is 30.5 Å². The van der Waals surface area contributed by atoms with Crippen LogP contribution in [0.3, 0.4) is 0 Å². The van der Waals surface area contributed by atoms with Crippen molar-refractivity contribution in [2.75, 3.05) is 26.4 Å². The van der Waals surface area contributed by atoms with E-state index in [2.05, 4.69) is 31.1 Å². The second kappa shape index (κ2) is 10.8. The third-order valence-electron chi connectivity index (χ3n) is 5.17. The fourth-order valence-electron chi connectivity index (χ4n) is 3.59. The number of aromatic nitrogens is 1. The number of amides is 1. The molecule has 2 heterocycles. The van der Waals surface area contributed by atoms with Gasteiger partial charge in [-0.15, -0.1) is 0 Å². The maximum Gasteiger partial charge on any atom is 0.407 e. The molecular weight excluding hydrogens is 438 g/mol. The number of ether oxygens (including phenoxy) is 1. The maximum absolute atomic E-state index is 11.6. The minimum Gasteiger partial charge on any atom is -0.444 e. The molecule has 0 aliphatic carbocycles. The van der Waals surface area contributed by atoms with E-state index >= 15 is 0 Å². The molecular formula is C24H33N5O3S. The SMILES string of the molecule is CNC(=O)OC(C)(C)CC1CSC(=N/C(=C(/C#N)C=O)c2ccc(C(C)(C)C)nc2)N(C)C1. The zero-order valence-corrected chi connectivity index (χ0v) is 21.2. The zero-order chi connectivity index (χ0) is 24.8. The van der Waals surface area contributed by atoms with Crippen molar-refractivity contribution < 1.29 is 14.3 Å². The van der Waals surface area contributed by atoms with Gasteiger partial charge in [-0.1, -0.05) is 32.5 Å². The second-order valence-corrected chi connectivity index (χ2v) is 10.7. The number of rotatable bonds is 6. The Hall–Kier alpha value is -2.86.